The molecule has 17 heavy (non-hydrogen) atoms. The fourth-order valence-corrected chi connectivity index (χ4v) is 1.49. The van der Waals surface area contributed by atoms with E-state index in [0.717, 1.165) is 19.3 Å². The van der Waals surface area contributed by atoms with Gasteiger partial charge in [0.15, 0.2) is 0 Å². The summed E-state index contributed by atoms with van der Waals surface area (Å²) in [5.74, 6) is 0.102. The van der Waals surface area contributed by atoms with Crippen LogP contribution in [0, 0.1) is 0 Å². The van der Waals surface area contributed by atoms with Gasteiger partial charge in [0.1, 0.15) is 5.75 Å². The number of hydrogen-bond donors (Lipinski definition) is 1. The first-order valence-electron chi connectivity index (χ1n) is 5.80. The highest BCUT2D eigenvalue weighted by Gasteiger charge is 2.13. The molecule has 0 amide bonds. The van der Waals surface area contributed by atoms with Gasteiger partial charge in [-0.15, -0.1) is 0 Å². The smallest absolute Gasteiger partial charge is 0.340 e. The topological polar surface area (TPSA) is 61.5 Å². The summed E-state index contributed by atoms with van der Waals surface area (Å²) in [6, 6.07) is 5.12. The Morgan fingerprint density at radius 2 is 2.12 bits per heavy atom. The Hall–Kier alpha value is -1.71. The van der Waals surface area contributed by atoms with Crippen LogP contribution in [0.25, 0.3) is 0 Å². The van der Waals surface area contributed by atoms with E-state index >= 15 is 0 Å². The lowest BCUT2D eigenvalue weighted by Gasteiger charge is -2.11. The third kappa shape index (κ3) is 3.66. The molecule has 1 aromatic carbocycles. The summed E-state index contributed by atoms with van der Waals surface area (Å²) in [6.07, 6.45) is 3.25. The lowest BCUT2D eigenvalue weighted by atomic mass is 10.1. The Kier molecular flexibility index (Phi) is 5.33. The van der Waals surface area contributed by atoms with Crippen molar-refractivity contribution >= 4 is 11.7 Å². The van der Waals surface area contributed by atoms with Gasteiger partial charge in [-0.1, -0.05) is 25.8 Å². The maximum Gasteiger partial charge on any atom is 0.340 e. The molecule has 2 N–H and O–H groups in total. The number of esters is 1. The Labute approximate surface area is 102 Å². The zero-order chi connectivity index (χ0) is 12.7. The van der Waals surface area contributed by atoms with Crippen molar-refractivity contribution < 1.29 is 14.3 Å². The number of methoxy groups -OCH3 is 1. The average Bonchev–Trinajstić information content (AvgIpc) is 2.35. The second-order valence-electron chi connectivity index (χ2n) is 3.76. The molecular weight excluding hydrogens is 218 g/mol. The highest BCUT2D eigenvalue weighted by Crippen LogP contribution is 2.25. The van der Waals surface area contributed by atoms with Crippen molar-refractivity contribution in [3.05, 3.63) is 23.8 Å². The van der Waals surface area contributed by atoms with Crippen molar-refractivity contribution in [3.8, 4) is 5.75 Å². The first-order valence-corrected chi connectivity index (χ1v) is 5.80. The molecule has 4 nitrogen and oxygen atoms in total. The minimum absolute atomic E-state index is 0.343. The number of ether oxygens (including phenoxy) is 2. The van der Waals surface area contributed by atoms with Crippen molar-refractivity contribution in [2.45, 2.75) is 26.2 Å². The molecule has 0 aliphatic heterocycles. The van der Waals surface area contributed by atoms with Gasteiger partial charge >= 0.3 is 5.97 Å². The van der Waals surface area contributed by atoms with Crippen LogP contribution in [-0.2, 0) is 4.74 Å². The van der Waals surface area contributed by atoms with Gasteiger partial charge < -0.3 is 15.2 Å². The number of nitrogen functional groups attached to an aromatic ring is 1. The van der Waals surface area contributed by atoms with Gasteiger partial charge in [-0.2, -0.15) is 0 Å². The molecule has 0 spiro atoms. The molecule has 0 aliphatic rings. The second kappa shape index (κ2) is 6.78. The highest BCUT2D eigenvalue weighted by atomic mass is 16.5. The van der Waals surface area contributed by atoms with Gasteiger partial charge in [-0.3, -0.25) is 0 Å². The van der Waals surface area contributed by atoms with Gasteiger partial charge in [0.2, 0.25) is 0 Å². The van der Waals surface area contributed by atoms with Crippen molar-refractivity contribution in [1.82, 2.24) is 0 Å². The lowest BCUT2D eigenvalue weighted by molar-refractivity contribution is 0.0601. The van der Waals surface area contributed by atoms with Crippen LogP contribution in [0.15, 0.2) is 18.2 Å². The molecule has 1 aromatic rings. The van der Waals surface area contributed by atoms with Crippen LogP contribution in [0.3, 0.4) is 0 Å². The van der Waals surface area contributed by atoms with Crippen LogP contribution in [0.5, 0.6) is 5.75 Å². The lowest BCUT2D eigenvalue weighted by Crippen LogP contribution is -2.08. The summed E-state index contributed by atoms with van der Waals surface area (Å²) in [5.41, 5.74) is 6.54. The van der Waals surface area contributed by atoms with E-state index in [2.05, 4.69) is 11.7 Å². The number of para-hydroxylation sites is 1. The van der Waals surface area contributed by atoms with Crippen LogP contribution in [0.4, 0.5) is 5.69 Å². The maximum atomic E-state index is 11.4. The molecule has 0 saturated carbocycles. The Morgan fingerprint density at radius 1 is 1.35 bits per heavy atom. The van der Waals surface area contributed by atoms with E-state index in [1.54, 1.807) is 18.2 Å². The fraction of sp³-hybridized carbons (Fsp3) is 0.462. The SMILES string of the molecule is CCCCCOc1cccc(C(=O)OC)c1N. The Balaban J connectivity index is 2.70. The number of benzene rings is 1. The zero-order valence-corrected chi connectivity index (χ0v) is 10.4. The summed E-state index contributed by atoms with van der Waals surface area (Å²) < 4.78 is 10.2. The van der Waals surface area contributed by atoms with Crippen LogP contribution >= 0.6 is 0 Å². The Bertz CT molecular complexity index is 377. The molecule has 0 radical (unpaired) electrons. The van der Waals surface area contributed by atoms with Gasteiger partial charge in [0, 0.05) is 0 Å². The van der Waals surface area contributed by atoms with Crippen molar-refractivity contribution in [2.24, 2.45) is 0 Å². The minimum atomic E-state index is -0.443. The molecule has 0 unspecified atom stereocenters. The summed E-state index contributed by atoms with van der Waals surface area (Å²) in [4.78, 5) is 11.4. The molecule has 0 heterocycles. The first kappa shape index (κ1) is 13.4. The summed E-state index contributed by atoms with van der Waals surface area (Å²) >= 11 is 0. The third-order valence-electron chi connectivity index (χ3n) is 2.48. The number of carbonyl (C=O) groups is 1. The molecule has 94 valence electrons. The number of nitrogens with two attached hydrogens (primary N) is 1. The summed E-state index contributed by atoms with van der Waals surface area (Å²) in [7, 11) is 1.33. The number of hydrogen-bond acceptors (Lipinski definition) is 4. The standard InChI is InChI=1S/C13H19NO3/c1-3-4-5-9-17-11-8-6-7-10(12(11)14)13(15)16-2/h6-8H,3-5,9,14H2,1-2H3. The molecule has 0 bridgehead atoms. The molecule has 0 saturated heterocycles. The molecule has 4 heteroatoms. The first-order chi connectivity index (χ1) is 8.20. The molecule has 0 aliphatic carbocycles. The quantitative estimate of drug-likeness (QED) is 0.469. The predicted octanol–water partition coefficient (Wildman–Crippen LogP) is 2.62. The molecule has 0 fully saturated rings. The van der Waals surface area contributed by atoms with Crippen molar-refractivity contribution in [3.63, 3.8) is 0 Å². The van der Waals surface area contributed by atoms with E-state index < -0.39 is 5.97 Å². The fourth-order valence-electron chi connectivity index (χ4n) is 1.49. The van der Waals surface area contributed by atoms with E-state index in [4.69, 9.17) is 10.5 Å². The van der Waals surface area contributed by atoms with Gasteiger partial charge in [-0.05, 0) is 18.6 Å². The van der Waals surface area contributed by atoms with Gasteiger partial charge in [-0.25, -0.2) is 4.79 Å². The van der Waals surface area contributed by atoms with E-state index in [1.165, 1.54) is 7.11 Å². The number of anilines is 1. The van der Waals surface area contributed by atoms with Crippen LogP contribution in [0.1, 0.15) is 36.5 Å². The van der Waals surface area contributed by atoms with Crippen LogP contribution in [0.2, 0.25) is 0 Å². The third-order valence-corrected chi connectivity index (χ3v) is 2.48. The largest absolute Gasteiger partial charge is 0.491 e. The van der Waals surface area contributed by atoms with Gasteiger partial charge in [0.25, 0.3) is 0 Å². The summed E-state index contributed by atoms with van der Waals surface area (Å²) in [5, 5.41) is 0. The highest BCUT2D eigenvalue weighted by molar-refractivity contribution is 5.96. The predicted molar refractivity (Wildman–Crippen MR) is 67.2 cm³/mol. The zero-order valence-electron chi connectivity index (χ0n) is 10.4. The number of carbonyl (C=O) groups excluding carboxylic acids is 1. The van der Waals surface area contributed by atoms with E-state index in [-0.39, 0.29) is 0 Å². The molecular formula is C13H19NO3. The molecule has 1 rings (SSSR count). The van der Waals surface area contributed by atoms with Crippen molar-refractivity contribution in [1.29, 1.82) is 0 Å². The number of rotatable bonds is 6. The van der Waals surface area contributed by atoms with E-state index in [0.29, 0.717) is 23.6 Å². The normalized spacial score (nSPS) is 10.0. The Morgan fingerprint density at radius 3 is 2.76 bits per heavy atom. The summed E-state index contributed by atoms with van der Waals surface area (Å²) in [6.45, 7) is 2.74. The monoisotopic (exact) mass is 237 g/mol. The van der Waals surface area contributed by atoms with Crippen LogP contribution in [-0.4, -0.2) is 19.7 Å². The van der Waals surface area contributed by atoms with E-state index in [9.17, 15) is 4.79 Å². The maximum absolute atomic E-state index is 11.4. The van der Waals surface area contributed by atoms with Gasteiger partial charge in [0.05, 0.1) is 25.0 Å². The van der Waals surface area contributed by atoms with E-state index in [1.807, 2.05) is 0 Å². The minimum Gasteiger partial charge on any atom is -0.491 e. The molecule has 0 atom stereocenters. The van der Waals surface area contributed by atoms with Crippen LogP contribution < -0.4 is 10.5 Å². The average molecular weight is 237 g/mol. The van der Waals surface area contributed by atoms with Crippen molar-refractivity contribution in [2.75, 3.05) is 19.5 Å². The molecule has 0 aromatic heterocycles. The number of unbranched alkanes of at least 4 members (excludes halogenated alkanes) is 2. The second-order valence-corrected chi connectivity index (χ2v) is 3.76.